The lowest BCUT2D eigenvalue weighted by molar-refractivity contribution is -0.149. The van der Waals surface area contributed by atoms with Gasteiger partial charge in [0.1, 0.15) is 18.1 Å². The van der Waals surface area contributed by atoms with Crippen molar-refractivity contribution >= 4 is 5.97 Å². The molecule has 1 fully saturated rings. The van der Waals surface area contributed by atoms with Crippen LogP contribution in [0.25, 0.3) is 0 Å². The molecule has 0 radical (unpaired) electrons. The molecule has 0 amide bonds. The molecule has 0 N–H and O–H groups in total. The minimum absolute atomic E-state index is 0.0433. The fourth-order valence-electron chi connectivity index (χ4n) is 2.93. The van der Waals surface area contributed by atoms with Crippen molar-refractivity contribution in [3.8, 4) is 11.5 Å². The van der Waals surface area contributed by atoms with Crippen molar-refractivity contribution in [2.24, 2.45) is 5.92 Å². The summed E-state index contributed by atoms with van der Waals surface area (Å²) < 4.78 is 16.7. The van der Waals surface area contributed by atoms with Crippen molar-refractivity contribution in [3.05, 3.63) is 24.3 Å². The number of carbonyl (C=O) groups excluding carboxylic acids is 1. The van der Waals surface area contributed by atoms with Gasteiger partial charge in [0.05, 0.1) is 19.1 Å². The van der Waals surface area contributed by atoms with Gasteiger partial charge in [-0.15, -0.1) is 0 Å². The predicted octanol–water partition coefficient (Wildman–Crippen LogP) is 3.52. The summed E-state index contributed by atoms with van der Waals surface area (Å²) in [5, 5.41) is 0. The van der Waals surface area contributed by atoms with E-state index in [1.54, 1.807) is 0 Å². The molecule has 1 aromatic carbocycles. The number of likely N-dealkylation sites (tertiary alicyclic amines) is 1. The Bertz CT molecular complexity index is 512. The smallest absolute Gasteiger partial charge is 0.309 e. The highest BCUT2D eigenvalue weighted by Crippen LogP contribution is 2.21. The molecule has 2 rings (SSSR count). The highest BCUT2D eigenvalue weighted by atomic mass is 16.5. The summed E-state index contributed by atoms with van der Waals surface area (Å²) in [6, 6.07) is 7.83. The van der Waals surface area contributed by atoms with Crippen molar-refractivity contribution in [2.75, 3.05) is 39.5 Å². The van der Waals surface area contributed by atoms with Crippen LogP contribution in [0.15, 0.2) is 24.3 Å². The largest absolute Gasteiger partial charge is 0.493 e. The van der Waals surface area contributed by atoms with Gasteiger partial charge in [0.25, 0.3) is 0 Å². The number of rotatable bonds is 10. The van der Waals surface area contributed by atoms with Crippen LogP contribution in [0.1, 0.15) is 39.5 Å². The van der Waals surface area contributed by atoms with Crippen LogP contribution in [0.4, 0.5) is 0 Å². The van der Waals surface area contributed by atoms with Crippen LogP contribution in [0, 0.1) is 5.92 Å². The second-order valence-corrected chi connectivity index (χ2v) is 6.39. The average molecular weight is 349 g/mol. The molecule has 0 unspecified atom stereocenters. The molecule has 5 nitrogen and oxygen atoms in total. The molecular weight excluding hydrogens is 318 g/mol. The van der Waals surface area contributed by atoms with Crippen LogP contribution in [-0.2, 0) is 9.53 Å². The Labute approximate surface area is 151 Å². The van der Waals surface area contributed by atoms with Crippen LogP contribution >= 0.6 is 0 Å². The van der Waals surface area contributed by atoms with Gasteiger partial charge in [-0.25, -0.2) is 0 Å². The summed E-state index contributed by atoms with van der Waals surface area (Å²) in [6.07, 6.45) is 3.94. The number of carbonyl (C=O) groups is 1. The zero-order valence-corrected chi connectivity index (χ0v) is 15.5. The van der Waals surface area contributed by atoms with Gasteiger partial charge in [0, 0.05) is 12.6 Å². The van der Waals surface area contributed by atoms with Crippen LogP contribution in [-0.4, -0.2) is 50.3 Å². The molecule has 1 aliphatic heterocycles. The molecule has 1 aromatic rings. The van der Waals surface area contributed by atoms with E-state index < -0.39 is 0 Å². The maximum atomic E-state index is 11.8. The Hall–Kier alpha value is -1.75. The van der Waals surface area contributed by atoms with Gasteiger partial charge in [-0.1, -0.05) is 19.4 Å². The van der Waals surface area contributed by atoms with Crippen molar-refractivity contribution < 1.29 is 19.0 Å². The van der Waals surface area contributed by atoms with E-state index >= 15 is 0 Å². The third-order valence-electron chi connectivity index (χ3n) is 4.46. The SMILES string of the molecule is CCCCOc1cccc(OCCN2CCC(C(=O)OCC)CC2)c1. The zero-order chi connectivity index (χ0) is 17.9. The molecule has 25 heavy (non-hydrogen) atoms. The molecule has 1 heterocycles. The number of benzene rings is 1. The summed E-state index contributed by atoms with van der Waals surface area (Å²) in [7, 11) is 0. The highest BCUT2D eigenvalue weighted by molar-refractivity contribution is 5.72. The van der Waals surface area contributed by atoms with Crippen molar-refractivity contribution in [1.82, 2.24) is 4.90 Å². The van der Waals surface area contributed by atoms with Crippen molar-refractivity contribution in [2.45, 2.75) is 39.5 Å². The number of unbranched alkanes of at least 4 members (excludes halogenated alkanes) is 1. The first kappa shape index (κ1) is 19.6. The van der Waals surface area contributed by atoms with Gasteiger partial charge in [-0.3, -0.25) is 9.69 Å². The molecule has 0 atom stereocenters. The minimum Gasteiger partial charge on any atom is -0.493 e. The fourth-order valence-corrected chi connectivity index (χ4v) is 2.93. The molecule has 0 aliphatic carbocycles. The lowest BCUT2D eigenvalue weighted by Gasteiger charge is -2.30. The number of esters is 1. The van der Waals surface area contributed by atoms with Gasteiger partial charge >= 0.3 is 5.97 Å². The van der Waals surface area contributed by atoms with Crippen molar-refractivity contribution in [1.29, 1.82) is 0 Å². The number of nitrogens with zero attached hydrogens (tertiary/aromatic N) is 1. The maximum Gasteiger partial charge on any atom is 0.309 e. The van der Waals surface area contributed by atoms with E-state index in [0.717, 1.165) is 63.4 Å². The second-order valence-electron chi connectivity index (χ2n) is 6.39. The molecule has 0 bridgehead atoms. The van der Waals surface area contributed by atoms with Crippen LogP contribution < -0.4 is 9.47 Å². The summed E-state index contributed by atoms with van der Waals surface area (Å²) >= 11 is 0. The van der Waals surface area contributed by atoms with Gasteiger partial charge in [0.15, 0.2) is 0 Å². The standard InChI is InChI=1S/C20H31NO4/c1-3-5-14-24-18-7-6-8-19(16-18)25-15-13-21-11-9-17(10-12-21)20(22)23-4-2/h6-8,16-17H,3-5,9-15H2,1-2H3. The third-order valence-corrected chi connectivity index (χ3v) is 4.46. The maximum absolute atomic E-state index is 11.8. The normalized spacial score (nSPS) is 15.8. The molecule has 0 saturated carbocycles. The fraction of sp³-hybridized carbons (Fsp3) is 0.650. The van der Waals surface area contributed by atoms with Crippen LogP contribution in [0.3, 0.4) is 0 Å². The lowest BCUT2D eigenvalue weighted by Crippen LogP contribution is -2.39. The van der Waals surface area contributed by atoms with Gasteiger partial charge < -0.3 is 14.2 Å². The van der Waals surface area contributed by atoms with Crippen LogP contribution in [0.2, 0.25) is 0 Å². The van der Waals surface area contributed by atoms with Gasteiger partial charge in [-0.05, 0) is 51.4 Å². The Morgan fingerprint density at radius 3 is 2.44 bits per heavy atom. The molecular formula is C20H31NO4. The monoisotopic (exact) mass is 349 g/mol. The first-order valence-corrected chi connectivity index (χ1v) is 9.47. The van der Waals surface area contributed by atoms with Crippen LogP contribution in [0.5, 0.6) is 11.5 Å². The van der Waals surface area contributed by atoms with E-state index in [4.69, 9.17) is 14.2 Å². The van der Waals surface area contributed by atoms with Crippen molar-refractivity contribution in [3.63, 3.8) is 0 Å². The zero-order valence-electron chi connectivity index (χ0n) is 15.5. The molecule has 1 saturated heterocycles. The number of hydrogen-bond donors (Lipinski definition) is 0. The highest BCUT2D eigenvalue weighted by Gasteiger charge is 2.25. The summed E-state index contributed by atoms with van der Waals surface area (Å²) in [4.78, 5) is 14.1. The Balaban J connectivity index is 1.66. The quantitative estimate of drug-likeness (QED) is 0.478. The summed E-state index contributed by atoms with van der Waals surface area (Å²) in [5.41, 5.74) is 0. The first-order chi connectivity index (χ1) is 12.2. The Morgan fingerprint density at radius 1 is 1.12 bits per heavy atom. The topological polar surface area (TPSA) is 48.0 Å². The van der Waals surface area contributed by atoms with E-state index in [0.29, 0.717) is 13.2 Å². The van der Waals surface area contributed by atoms with Gasteiger partial charge in [-0.2, -0.15) is 0 Å². The second kappa shape index (κ2) is 11.0. The Kier molecular flexibility index (Phi) is 8.60. The number of ether oxygens (including phenoxy) is 3. The number of hydrogen-bond acceptors (Lipinski definition) is 5. The lowest BCUT2D eigenvalue weighted by atomic mass is 9.97. The van der Waals surface area contributed by atoms with E-state index in [9.17, 15) is 4.79 Å². The molecule has 0 aromatic heterocycles. The third kappa shape index (κ3) is 6.94. The summed E-state index contributed by atoms with van der Waals surface area (Å²) in [6.45, 7) is 8.58. The molecule has 5 heteroatoms. The molecule has 0 spiro atoms. The predicted molar refractivity (Wildman–Crippen MR) is 98.1 cm³/mol. The van der Waals surface area contributed by atoms with E-state index in [1.807, 2.05) is 31.2 Å². The average Bonchev–Trinajstić information content (AvgIpc) is 2.63. The van der Waals surface area contributed by atoms with Gasteiger partial charge in [0.2, 0.25) is 0 Å². The molecule has 140 valence electrons. The first-order valence-electron chi connectivity index (χ1n) is 9.47. The van der Waals surface area contributed by atoms with E-state index in [-0.39, 0.29) is 11.9 Å². The Morgan fingerprint density at radius 2 is 1.80 bits per heavy atom. The van der Waals surface area contributed by atoms with E-state index in [2.05, 4.69) is 11.8 Å². The molecule has 1 aliphatic rings. The summed E-state index contributed by atoms with van der Waals surface area (Å²) in [5.74, 6) is 1.73. The number of piperidine rings is 1. The minimum atomic E-state index is -0.0433. The van der Waals surface area contributed by atoms with E-state index in [1.165, 1.54) is 0 Å².